The second-order valence-electron chi connectivity index (χ2n) is 7.07. The van der Waals surface area contributed by atoms with Crippen molar-refractivity contribution in [2.75, 3.05) is 44.7 Å². The van der Waals surface area contributed by atoms with Gasteiger partial charge in [0.25, 0.3) is 5.91 Å². The normalized spacial score (nSPS) is 14.9. The summed E-state index contributed by atoms with van der Waals surface area (Å²) in [6, 6.07) is 7.71. The van der Waals surface area contributed by atoms with E-state index in [1.807, 2.05) is 31.2 Å². The molecule has 0 aliphatic carbocycles. The minimum absolute atomic E-state index is 0.0200. The Balaban J connectivity index is 1.73. The molecule has 1 aliphatic rings. The quantitative estimate of drug-likeness (QED) is 0.731. The van der Waals surface area contributed by atoms with Crippen LogP contribution in [-0.2, 0) is 16.1 Å². The highest BCUT2D eigenvalue weighted by Crippen LogP contribution is 2.24. The summed E-state index contributed by atoms with van der Waals surface area (Å²) in [5, 5.41) is 6.89. The van der Waals surface area contributed by atoms with Crippen molar-refractivity contribution in [1.82, 2.24) is 14.8 Å². The van der Waals surface area contributed by atoms with Crippen molar-refractivity contribution >= 4 is 28.4 Å². The first kappa shape index (κ1) is 20.4. The van der Waals surface area contributed by atoms with E-state index in [-0.39, 0.29) is 11.8 Å². The van der Waals surface area contributed by atoms with Crippen molar-refractivity contribution < 1.29 is 14.3 Å². The van der Waals surface area contributed by atoms with Crippen LogP contribution in [0.1, 0.15) is 37.2 Å². The van der Waals surface area contributed by atoms with E-state index in [0.29, 0.717) is 18.7 Å². The molecule has 0 atom stereocenters. The molecule has 1 aromatic carbocycles. The zero-order chi connectivity index (χ0) is 19.9. The molecule has 0 unspecified atom stereocenters. The van der Waals surface area contributed by atoms with Gasteiger partial charge < -0.3 is 19.9 Å². The molecule has 1 fully saturated rings. The molecule has 1 saturated heterocycles. The third-order valence-electron chi connectivity index (χ3n) is 5.00. The van der Waals surface area contributed by atoms with Gasteiger partial charge in [0.05, 0.1) is 13.2 Å². The first-order valence-corrected chi connectivity index (χ1v) is 10.1. The topological polar surface area (TPSA) is 75.6 Å². The summed E-state index contributed by atoms with van der Waals surface area (Å²) in [6.07, 6.45) is 1.37. The molecule has 3 rings (SSSR count). The van der Waals surface area contributed by atoms with E-state index in [1.165, 1.54) is 0 Å². The second-order valence-corrected chi connectivity index (χ2v) is 7.07. The number of carbonyl (C=O) groups is 2. The maximum absolute atomic E-state index is 12.8. The number of anilines is 1. The Morgan fingerprint density at radius 2 is 1.89 bits per heavy atom. The largest absolute Gasteiger partial charge is 0.379 e. The van der Waals surface area contributed by atoms with Gasteiger partial charge in [0.1, 0.15) is 5.69 Å². The smallest absolute Gasteiger partial charge is 0.267 e. The van der Waals surface area contributed by atoms with Crippen LogP contribution in [0.25, 0.3) is 10.9 Å². The Hall–Kier alpha value is -2.38. The molecule has 2 N–H and O–H groups in total. The summed E-state index contributed by atoms with van der Waals surface area (Å²) in [5.41, 5.74) is 2.43. The average molecular weight is 386 g/mol. The first-order valence-electron chi connectivity index (χ1n) is 10.1. The summed E-state index contributed by atoms with van der Waals surface area (Å²) in [7, 11) is 0. The number of hydrogen-bond donors (Lipinski definition) is 2. The molecule has 0 radical (unpaired) electrons. The van der Waals surface area contributed by atoms with Gasteiger partial charge in [-0.05, 0) is 30.7 Å². The summed E-state index contributed by atoms with van der Waals surface area (Å²) in [4.78, 5) is 26.8. The van der Waals surface area contributed by atoms with Crippen LogP contribution in [0.2, 0.25) is 0 Å². The summed E-state index contributed by atoms with van der Waals surface area (Å²) in [5.74, 6) is -0.0783. The number of nitrogens with one attached hydrogen (secondary N) is 2. The van der Waals surface area contributed by atoms with Gasteiger partial charge >= 0.3 is 0 Å². The SMILES string of the molecule is CCCn1c(C(=O)NCCN2CCOCC2)cc2cc(NC(=O)CC)ccc21. The van der Waals surface area contributed by atoms with Gasteiger partial charge in [-0.2, -0.15) is 0 Å². The highest BCUT2D eigenvalue weighted by atomic mass is 16.5. The molecule has 0 saturated carbocycles. The van der Waals surface area contributed by atoms with Gasteiger partial charge in [-0.15, -0.1) is 0 Å². The number of rotatable bonds is 8. The second kappa shape index (κ2) is 9.71. The van der Waals surface area contributed by atoms with E-state index < -0.39 is 0 Å². The Morgan fingerprint density at radius 1 is 1.11 bits per heavy atom. The molecule has 7 heteroatoms. The summed E-state index contributed by atoms with van der Waals surface area (Å²) < 4.78 is 7.42. The fourth-order valence-corrected chi connectivity index (χ4v) is 3.49. The van der Waals surface area contributed by atoms with Crippen LogP contribution in [0.5, 0.6) is 0 Å². The predicted molar refractivity (Wildman–Crippen MR) is 111 cm³/mol. The molecule has 152 valence electrons. The fraction of sp³-hybridized carbons (Fsp3) is 0.524. The Bertz CT molecular complexity index is 824. The molecule has 2 amide bonds. The van der Waals surface area contributed by atoms with Gasteiger partial charge in [0, 0.05) is 55.7 Å². The Morgan fingerprint density at radius 3 is 2.61 bits per heavy atom. The highest BCUT2D eigenvalue weighted by Gasteiger charge is 2.16. The minimum Gasteiger partial charge on any atom is -0.379 e. The van der Waals surface area contributed by atoms with Crippen LogP contribution in [0.4, 0.5) is 5.69 Å². The number of nitrogens with zero attached hydrogens (tertiary/aromatic N) is 2. The van der Waals surface area contributed by atoms with E-state index in [0.717, 1.165) is 62.4 Å². The Kier molecular flexibility index (Phi) is 7.06. The third-order valence-corrected chi connectivity index (χ3v) is 5.00. The molecule has 2 heterocycles. The number of benzene rings is 1. The molecule has 2 aromatic rings. The third kappa shape index (κ3) is 4.91. The summed E-state index contributed by atoms with van der Waals surface area (Å²) >= 11 is 0. The van der Waals surface area contributed by atoms with Crippen LogP contribution in [0, 0.1) is 0 Å². The zero-order valence-electron chi connectivity index (χ0n) is 16.8. The number of morpholine rings is 1. The van der Waals surface area contributed by atoms with Crippen LogP contribution >= 0.6 is 0 Å². The molecule has 0 bridgehead atoms. The average Bonchev–Trinajstić information content (AvgIpc) is 3.07. The molecule has 1 aliphatic heterocycles. The van der Waals surface area contributed by atoms with Crippen LogP contribution in [0.3, 0.4) is 0 Å². The molecular formula is C21H30N4O3. The molecular weight excluding hydrogens is 356 g/mol. The van der Waals surface area contributed by atoms with Gasteiger partial charge in [-0.1, -0.05) is 13.8 Å². The number of amides is 2. The first-order chi connectivity index (χ1) is 13.6. The molecule has 1 aromatic heterocycles. The van der Waals surface area contributed by atoms with Gasteiger partial charge in [0.15, 0.2) is 0 Å². The number of fused-ring (bicyclic) bond motifs is 1. The monoisotopic (exact) mass is 386 g/mol. The van der Waals surface area contributed by atoms with Crippen molar-refractivity contribution in [2.24, 2.45) is 0 Å². The maximum atomic E-state index is 12.8. The zero-order valence-corrected chi connectivity index (χ0v) is 16.8. The van der Waals surface area contributed by atoms with Crippen molar-refractivity contribution in [2.45, 2.75) is 33.2 Å². The van der Waals surface area contributed by atoms with Gasteiger partial charge in [-0.3, -0.25) is 14.5 Å². The van der Waals surface area contributed by atoms with E-state index in [1.54, 1.807) is 0 Å². The standard InChI is InChI=1S/C21H30N4O3/c1-3-8-25-18-6-5-17(23-20(26)4-2)14-16(18)15-19(25)21(27)22-7-9-24-10-12-28-13-11-24/h5-6,14-15H,3-4,7-13H2,1-2H3,(H,22,27)(H,23,26). The van der Waals surface area contributed by atoms with Gasteiger partial charge in [-0.25, -0.2) is 0 Å². The number of aromatic nitrogens is 1. The lowest BCUT2D eigenvalue weighted by molar-refractivity contribution is -0.115. The molecule has 0 spiro atoms. The van der Waals surface area contributed by atoms with E-state index in [4.69, 9.17) is 4.74 Å². The van der Waals surface area contributed by atoms with Crippen molar-refractivity contribution in [1.29, 1.82) is 0 Å². The lowest BCUT2D eigenvalue weighted by Crippen LogP contribution is -2.41. The highest BCUT2D eigenvalue weighted by molar-refractivity contribution is 6.00. The lowest BCUT2D eigenvalue weighted by atomic mass is 10.2. The van der Waals surface area contributed by atoms with E-state index >= 15 is 0 Å². The van der Waals surface area contributed by atoms with Crippen molar-refractivity contribution in [3.05, 3.63) is 30.0 Å². The van der Waals surface area contributed by atoms with Gasteiger partial charge in [0.2, 0.25) is 5.91 Å². The van der Waals surface area contributed by atoms with Crippen LogP contribution < -0.4 is 10.6 Å². The van der Waals surface area contributed by atoms with Crippen molar-refractivity contribution in [3.63, 3.8) is 0 Å². The summed E-state index contributed by atoms with van der Waals surface area (Å²) in [6.45, 7) is 9.49. The number of ether oxygens (including phenoxy) is 1. The number of hydrogen-bond acceptors (Lipinski definition) is 4. The molecule has 7 nitrogen and oxygen atoms in total. The predicted octanol–water partition coefficient (Wildman–Crippen LogP) is 2.46. The molecule has 28 heavy (non-hydrogen) atoms. The number of carbonyl (C=O) groups excluding carboxylic acids is 2. The fourth-order valence-electron chi connectivity index (χ4n) is 3.49. The lowest BCUT2D eigenvalue weighted by Gasteiger charge is -2.26. The van der Waals surface area contributed by atoms with E-state index in [9.17, 15) is 9.59 Å². The van der Waals surface area contributed by atoms with Crippen LogP contribution in [0.15, 0.2) is 24.3 Å². The maximum Gasteiger partial charge on any atom is 0.267 e. The van der Waals surface area contributed by atoms with E-state index in [2.05, 4.69) is 27.0 Å². The Labute approximate surface area is 166 Å². The minimum atomic E-state index is -0.0583. The van der Waals surface area contributed by atoms with Crippen molar-refractivity contribution in [3.8, 4) is 0 Å². The van der Waals surface area contributed by atoms with Crippen LogP contribution in [-0.4, -0.2) is 60.7 Å². The number of aryl methyl sites for hydroxylation is 1.